The fourth-order valence-electron chi connectivity index (χ4n) is 4.12. The van der Waals surface area contributed by atoms with Gasteiger partial charge < -0.3 is 4.74 Å². The van der Waals surface area contributed by atoms with Gasteiger partial charge in [-0.05, 0) is 68.3 Å². The Kier molecular flexibility index (Phi) is 6.98. The molecule has 0 fully saturated rings. The number of carbonyl (C=O) groups excluding carboxylic acids is 2. The van der Waals surface area contributed by atoms with E-state index in [0.717, 1.165) is 27.5 Å². The summed E-state index contributed by atoms with van der Waals surface area (Å²) in [5, 5.41) is 14.5. The van der Waals surface area contributed by atoms with Gasteiger partial charge in [-0.1, -0.05) is 24.3 Å². The van der Waals surface area contributed by atoms with Crippen molar-refractivity contribution in [1.29, 1.82) is 5.26 Å². The Morgan fingerprint density at radius 1 is 1.11 bits per heavy atom. The average Bonchev–Trinajstić information content (AvgIpc) is 3.30. The first-order chi connectivity index (χ1) is 17.4. The first-order valence-corrected chi connectivity index (χ1v) is 11.6. The lowest BCUT2D eigenvalue weighted by Crippen LogP contribution is -2.42. The molecule has 0 radical (unpaired) electrons. The fourth-order valence-corrected chi connectivity index (χ4v) is 4.12. The van der Waals surface area contributed by atoms with Gasteiger partial charge in [0.2, 0.25) is 0 Å². The minimum absolute atomic E-state index is 0.0156. The number of rotatable bonds is 7. The minimum Gasteiger partial charge on any atom is -0.494 e. The number of aryl methyl sites for hydroxylation is 1. The smallest absolute Gasteiger partial charge is 0.271 e. The third-order valence-corrected chi connectivity index (χ3v) is 5.95. The third kappa shape index (κ3) is 4.49. The van der Waals surface area contributed by atoms with E-state index in [-0.39, 0.29) is 17.7 Å². The van der Waals surface area contributed by atoms with Crippen LogP contribution in [-0.2, 0) is 9.59 Å². The van der Waals surface area contributed by atoms with Crippen LogP contribution >= 0.6 is 0 Å². The predicted octanol–water partition coefficient (Wildman–Crippen LogP) is 5.02. The first kappa shape index (κ1) is 24.4. The highest BCUT2D eigenvalue weighted by molar-refractivity contribution is 6.19. The van der Waals surface area contributed by atoms with Crippen LogP contribution in [0.4, 0.5) is 0 Å². The number of benzene rings is 2. The Morgan fingerprint density at radius 3 is 2.50 bits per heavy atom. The molecule has 36 heavy (non-hydrogen) atoms. The number of ether oxygens (including phenoxy) is 1. The van der Waals surface area contributed by atoms with Crippen molar-refractivity contribution in [1.82, 2.24) is 14.7 Å². The molecule has 1 aliphatic heterocycles. The Balaban J connectivity index is 1.92. The monoisotopic (exact) mass is 478 g/mol. The number of hydrogen-bond acceptors (Lipinski definition) is 5. The number of imide groups is 1. The topological polar surface area (TPSA) is 88.2 Å². The highest BCUT2D eigenvalue weighted by Crippen LogP contribution is 2.32. The van der Waals surface area contributed by atoms with Crippen molar-refractivity contribution in [3.63, 3.8) is 0 Å². The molecule has 0 spiro atoms. The summed E-state index contributed by atoms with van der Waals surface area (Å²) in [6, 6.07) is 17.4. The van der Waals surface area contributed by atoms with Gasteiger partial charge in [0.15, 0.2) is 0 Å². The lowest BCUT2D eigenvalue weighted by atomic mass is 9.93. The van der Waals surface area contributed by atoms with Crippen LogP contribution in [0.15, 0.2) is 84.1 Å². The molecule has 0 unspecified atom stereocenters. The lowest BCUT2D eigenvalue weighted by molar-refractivity contribution is -0.139. The summed E-state index contributed by atoms with van der Waals surface area (Å²) in [5.74, 6) is -0.292. The molecule has 0 aliphatic carbocycles. The Morgan fingerprint density at radius 2 is 1.86 bits per heavy atom. The van der Waals surface area contributed by atoms with Gasteiger partial charge in [-0.2, -0.15) is 10.4 Å². The number of para-hydroxylation sites is 1. The number of nitrogens with zero attached hydrogens (tertiary/aromatic N) is 4. The second-order valence-electron chi connectivity index (χ2n) is 8.31. The number of aromatic nitrogens is 2. The van der Waals surface area contributed by atoms with E-state index in [1.807, 2.05) is 74.6 Å². The van der Waals surface area contributed by atoms with Gasteiger partial charge in [0.05, 0.1) is 18.0 Å². The summed E-state index contributed by atoms with van der Waals surface area (Å²) in [6.07, 6.45) is 5.00. The largest absolute Gasteiger partial charge is 0.494 e. The Hall–Kier alpha value is -4.70. The molecule has 4 rings (SSSR count). The zero-order valence-electron chi connectivity index (χ0n) is 20.5. The molecule has 7 heteroatoms. The van der Waals surface area contributed by atoms with E-state index in [2.05, 4.69) is 6.58 Å². The lowest BCUT2D eigenvalue weighted by Gasteiger charge is -2.26. The van der Waals surface area contributed by atoms with Crippen molar-refractivity contribution in [3.05, 3.63) is 95.2 Å². The van der Waals surface area contributed by atoms with Gasteiger partial charge in [-0.15, -0.1) is 6.58 Å². The average molecular weight is 479 g/mol. The molecular weight excluding hydrogens is 452 g/mol. The zero-order valence-corrected chi connectivity index (χ0v) is 20.5. The van der Waals surface area contributed by atoms with Crippen molar-refractivity contribution in [3.8, 4) is 28.8 Å². The SMILES string of the molecule is C=CCN1C(=O)C(C#N)=C(C)/C(=C\c2cn(-c3ccccc3)nc2-c2ccc(OCC)c(C)c2)C1=O. The van der Waals surface area contributed by atoms with Crippen molar-refractivity contribution in [2.45, 2.75) is 20.8 Å². The molecule has 3 aromatic rings. The van der Waals surface area contributed by atoms with Crippen LogP contribution in [0.3, 0.4) is 0 Å². The number of carbonyl (C=O) groups is 2. The van der Waals surface area contributed by atoms with Gasteiger partial charge in [-0.25, -0.2) is 4.68 Å². The molecule has 2 aromatic carbocycles. The fraction of sp³-hybridized carbons (Fsp3) is 0.172. The normalized spacial score (nSPS) is 14.8. The highest BCUT2D eigenvalue weighted by atomic mass is 16.5. The van der Waals surface area contributed by atoms with E-state index in [0.29, 0.717) is 23.4 Å². The minimum atomic E-state index is -0.612. The van der Waals surface area contributed by atoms with E-state index < -0.39 is 11.8 Å². The molecule has 7 nitrogen and oxygen atoms in total. The molecule has 2 amide bonds. The molecule has 1 aliphatic rings. The summed E-state index contributed by atoms with van der Waals surface area (Å²) in [6.45, 7) is 9.74. The van der Waals surface area contributed by atoms with Crippen molar-refractivity contribution in [2.75, 3.05) is 13.2 Å². The van der Waals surface area contributed by atoms with Crippen LogP contribution in [0.25, 0.3) is 23.0 Å². The van der Waals surface area contributed by atoms with Gasteiger partial charge in [0, 0.05) is 29.4 Å². The Labute approximate surface area is 210 Å². The molecule has 0 atom stereocenters. The molecule has 1 aromatic heterocycles. The summed E-state index contributed by atoms with van der Waals surface area (Å²) in [7, 11) is 0. The molecule has 0 saturated heterocycles. The van der Waals surface area contributed by atoms with E-state index in [4.69, 9.17) is 9.84 Å². The van der Waals surface area contributed by atoms with E-state index in [1.54, 1.807) is 17.7 Å². The van der Waals surface area contributed by atoms with Crippen LogP contribution in [0.1, 0.15) is 25.0 Å². The quantitative estimate of drug-likeness (QED) is 0.270. The molecule has 2 heterocycles. The van der Waals surface area contributed by atoms with E-state index >= 15 is 0 Å². The number of hydrogen-bond donors (Lipinski definition) is 0. The molecule has 0 saturated carbocycles. The van der Waals surface area contributed by atoms with Crippen molar-refractivity contribution >= 4 is 17.9 Å². The van der Waals surface area contributed by atoms with Crippen LogP contribution in [0.5, 0.6) is 5.75 Å². The van der Waals surface area contributed by atoms with Gasteiger partial charge >= 0.3 is 0 Å². The second kappa shape index (κ2) is 10.3. The van der Waals surface area contributed by atoms with Crippen LogP contribution in [-0.4, -0.2) is 39.6 Å². The molecule has 0 N–H and O–H groups in total. The van der Waals surface area contributed by atoms with Gasteiger partial charge in [0.25, 0.3) is 11.8 Å². The van der Waals surface area contributed by atoms with Gasteiger partial charge in [-0.3, -0.25) is 14.5 Å². The Bertz CT molecular complexity index is 1460. The summed E-state index contributed by atoms with van der Waals surface area (Å²) in [5.41, 5.74) is 4.55. The maximum absolute atomic E-state index is 13.3. The van der Waals surface area contributed by atoms with Gasteiger partial charge in [0.1, 0.15) is 17.4 Å². The van der Waals surface area contributed by atoms with Crippen LogP contribution in [0.2, 0.25) is 0 Å². The van der Waals surface area contributed by atoms with Crippen LogP contribution in [0, 0.1) is 18.3 Å². The predicted molar refractivity (Wildman–Crippen MR) is 138 cm³/mol. The first-order valence-electron chi connectivity index (χ1n) is 11.6. The van der Waals surface area contributed by atoms with Crippen molar-refractivity contribution in [2.24, 2.45) is 0 Å². The third-order valence-electron chi connectivity index (χ3n) is 5.95. The summed E-state index contributed by atoms with van der Waals surface area (Å²) < 4.78 is 7.43. The maximum atomic E-state index is 13.3. The standard InChI is InChI=1S/C29H26N4O3/c1-5-14-32-28(34)24(20(4)25(17-30)29(32)35)16-22-18-33(23-10-8-7-9-11-23)31-27(22)21-12-13-26(36-6-2)19(3)15-21/h5,7-13,15-16,18H,1,6,14H2,2-4H3/b24-16+. The van der Waals surface area contributed by atoms with Crippen molar-refractivity contribution < 1.29 is 14.3 Å². The second-order valence-corrected chi connectivity index (χ2v) is 8.31. The summed E-state index contributed by atoms with van der Waals surface area (Å²) in [4.78, 5) is 27.0. The molecule has 0 bridgehead atoms. The zero-order chi connectivity index (χ0) is 25.8. The number of nitriles is 1. The highest BCUT2D eigenvalue weighted by Gasteiger charge is 2.35. The molecular formula is C29H26N4O3. The molecule has 180 valence electrons. The van der Waals surface area contributed by atoms with Crippen LogP contribution < -0.4 is 4.74 Å². The number of amides is 2. The maximum Gasteiger partial charge on any atom is 0.271 e. The summed E-state index contributed by atoms with van der Waals surface area (Å²) >= 11 is 0. The van der Waals surface area contributed by atoms with E-state index in [9.17, 15) is 14.9 Å². The van der Waals surface area contributed by atoms with E-state index in [1.165, 1.54) is 6.08 Å².